The fraction of sp³-hybridized carbons (Fsp3) is 0.333. The molecule has 0 aromatic heterocycles. The zero-order chi connectivity index (χ0) is 13.3. The van der Waals surface area contributed by atoms with Crippen LogP contribution in [-0.4, -0.2) is 48.3 Å². The normalized spacial score (nSPS) is 16.0. The van der Waals surface area contributed by atoms with Gasteiger partial charge in [0, 0.05) is 30.3 Å². The summed E-state index contributed by atoms with van der Waals surface area (Å²) >= 11 is 3.29. The van der Waals surface area contributed by atoms with Crippen LogP contribution < -0.4 is 5.73 Å². The first kappa shape index (κ1) is 12.9. The van der Waals surface area contributed by atoms with Gasteiger partial charge in [-0.05, 0) is 18.2 Å². The topological polar surface area (TPSA) is 66.6 Å². The van der Waals surface area contributed by atoms with Gasteiger partial charge in [0.1, 0.15) is 6.54 Å². The Balaban J connectivity index is 2.19. The lowest BCUT2D eigenvalue weighted by Gasteiger charge is -2.32. The van der Waals surface area contributed by atoms with Gasteiger partial charge >= 0.3 is 0 Å². The van der Waals surface area contributed by atoms with Crippen LogP contribution in [0.25, 0.3) is 0 Å². The van der Waals surface area contributed by atoms with E-state index in [-0.39, 0.29) is 18.4 Å². The molecule has 2 amide bonds. The quantitative estimate of drug-likeness (QED) is 0.785. The van der Waals surface area contributed by atoms with Crippen molar-refractivity contribution in [2.75, 3.05) is 32.4 Å². The summed E-state index contributed by atoms with van der Waals surface area (Å²) in [6.07, 6.45) is 0. The average molecular weight is 312 g/mol. The summed E-state index contributed by atoms with van der Waals surface area (Å²) < 4.78 is 0.825. The van der Waals surface area contributed by atoms with Crippen LogP contribution in [0.4, 0.5) is 5.69 Å². The first-order valence-electron chi connectivity index (χ1n) is 5.57. The van der Waals surface area contributed by atoms with E-state index in [0.29, 0.717) is 24.3 Å². The number of hydrogen-bond acceptors (Lipinski definition) is 3. The molecule has 6 heteroatoms. The molecule has 1 aliphatic heterocycles. The second kappa shape index (κ2) is 4.97. The van der Waals surface area contributed by atoms with Gasteiger partial charge in [-0.3, -0.25) is 9.59 Å². The zero-order valence-electron chi connectivity index (χ0n) is 10.0. The molecule has 0 unspecified atom stereocenters. The van der Waals surface area contributed by atoms with Gasteiger partial charge in [-0.2, -0.15) is 0 Å². The number of amides is 2. The van der Waals surface area contributed by atoms with Crippen molar-refractivity contribution in [3.63, 3.8) is 0 Å². The van der Waals surface area contributed by atoms with Crippen molar-refractivity contribution in [2.45, 2.75) is 0 Å². The Morgan fingerprint density at radius 3 is 2.72 bits per heavy atom. The third-order valence-corrected chi connectivity index (χ3v) is 3.48. The van der Waals surface area contributed by atoms with E-state index in [4.69, 9.17) is 5.73 Å². The van der Waals surface area contributed by atoms with Gasteiger partial charge in [0.2, 0.25) is 5.91 Å². The minimum absolute atomic E-state index is 0.0507. The molecule has 0 atom stereocenters. The number of anilines is 1. The number of carbonyl (C=O) groups excluding carboxylic acids is 2. The highest BCUT2D eigenvalue weighted by Crippen LogP contribution is 2.20. The van der Waals surface area contributed by atoms with Crippen LogP contribution in [0.15, 0.2) is 22.7 Å². The van der Waals surface area contributed by atoms with Crippen molar-refractivity contribution in [3.05, 3.63) is 28.2 Å². The maximum Gasteiger partial charge on any atom is 0.256 e. The van der Waals surface area contributed by atoms with E-state index >= 15 is 0 Å². The molecule has 1 heterocycles. The maximum absolute atomic E-state index is 12.2. The summed E-state index contributed by atoms with van der Waals surface area (Å²) in [4.78, 5) is 27.0. The van der Waals surface area contributed by atoms with E-state index in [1.165, 1.54) is 4.90 Å². The Morgan fingerprint density at radius 1 is 1.39 bits per heavy atom. The Kier molecular flexibility index (Phi) is 3.56. The monoisotopic (exact) mass is 311 g/mol. The molecule has 1 aromatic carbocycles. The number of benzene rings is 1. The standard InChI is InChI=1S/C12H14BrN3O2/c1-15-4-5-16(7-11(15)17)12(18)9-3-2-8(13)6-10(9)14/h2-3,6H,4-5,7,14H2,1H3. The molecule has 1 saturated heterocycles. The molecule has 0 aliphatic carbocycles. The third-order valence-electron chi connectivity index (χ3n) is 2.99. The van der Waals surface area contributed by atoms with Crippen molar-refractivity contribution >= 4 is 33.4 Å². The van der Waals surface area contributed by atoms with Crippen LogP contribution in [0.3, 0.4) is 0 Å². The highest BCUT2D eigenvalue weighted by atomic mass is 79.9. The zero-order valence-corrected chi connectivity index (χ0v) is 11.6. The number of nitrogens with two attached hydrogens (primary N) is 1. The lowest BCUT2D eigenvalue weighted by molar-refractivity contribution is -0.133. The molecule has 2 rings (SSSR count). The molecule has 1 aromatic rings. The third kappa shape index (κ3) is 2.48. The summed E-state index contributed by atoms with van der Waals surface area (Å²) in [6.45, 7) is 1.21. The van der Waals surface area contributed by atoms with Crippen molar-refractivity contribution in [1.29, 1.82) is 0 Å². The van der Waals surface area contributed by atoms with E-state index in [2.05, 4.69) is 15.9 Å². The van der Waals surface area contributed by atoms with Gasteiger partial charge in [0.25, 0.3) is 5.91 Å². The minimum atomic E-state index is -0.193. The van der Waals surface area contributed by atoms with Crippen molar-refractivity contribution in [2.24, 2.45) is 0 Å². The number of nitrogens with zero attached hydrogens (tertiary/aromatic N) is 2. The Labute approximate surface area is 114 Å². The Morgan fingerprint density at radius 2 is 2.11 bits per heavy atom. The smallest absolute Gasteiger partial charge is 0.256 e. The van der Waals surface area contributed by atoms with Crippen molar-refractivity contribution in [1.82, 2.24) is 9.80 Å². The number of rotatable bonds is 1. The van der Waals surface area contributed by atoms with E-state index in [0.717, 1.165) is 4.47 Å². The second-order valence-corrected chi connectivity index (χ2v) is 5.19. The number of carbonyl (C=O) groups is 2. The van der Waals surface area contributed by atoms with Gasteiger partial charge in [-0.1, -0.05) is 15.9 Å². The fourth-order valence-electron chi connectivity index (χ4n) is 1.83. The molecule has 96 valence electrons. The Hall–Kier alpha value is -1.56. The van der Waals surface area contributed by atoms with E-state index in [9.17, 15) is 9.59 Å². The molecule has 0 saturated carbocycles. The minimum Gasteiger partial charge on any atom is -0.398 e. The predicted octanol–water partition coefficient (Wildman–Crippen LogP) is 0.946. The molecular weight excluding hydrogens is 298 g/mol. The highest BCUT2D eigenvalue weighted by molar-refractivity contribution is 9.10. The van der Waals surface area contributed by atoms with E-state index < -0.39 is 0 Å². The van der Waals surface area contributed by atoms with E-state index in [1.807, 2.05) is 0 Å². The van der Waals surface area contributed by atoms with Gasteiger partial charge in [-0.15, -0.1) is 0 Å². The average Bonchev–Trinajstić information content (AvgIpc) is 2.32. The molecule has 1 fully saturated rings. The maximum atomic E-state index is 12.2. The van der Waals surface area contributed by atoms with Gasteiger partial charge in [-0.25, -0.2) is 0 Å². The highest BCUT2D eigenvalue weighted by Gasteiger charge is 2.26. The molecule has 1 aliphatic rings. The lowest BCUT2D eigenvalue weighted by Crippen LogP contribution is -2.50. The summed E-state index contributed by atoms with van der Waals surface area (Å²) in [5.74, 6) is -0.244. The van der Waals surface area contributed by atoms with Crippen LogP contribution in [0, 0.1) is 0 Å². The SMILES string of the molecule is CN1CCN(C(=O)c2ccc(Br)cc2N)CC1=O. The molecule has 18 heavy (non-hydrogen) atoms. The molecular formula is C12H14BrN3O2. The first-order chi connectivity index (χ1) is 8.49. The molecule has 2 N–H and O–H groups in total. The predicted molar refractivity (Wildman–Crippen MR) is 72.1 cm³/mol. The van der Waals surface area contributed by atoms with E-state index in [1.54, 1.807) is 30.1 Å². The van der Waals surface area contributed by atoms with Crippen LogP contribution in [0.5, 0.6) is 0 Å². The number of hydrogen-bond donors (Lipinski definition) is 1. The van der Waals surface area contributed by atoms with Gasteiger partial charge < -0.3 is 15.5 Å². The number of nitrogen functional groups attached to an aromatic ring is 1. The Bertz CT molecular complexity index is 504. The number of piperazine rings is 1. The van der Waals surface area contributed by atoms with Crippen LogP contribution >= 0.6 is 15.9 Å². The molecule has 0 spiro atoms. The molecule has 0 radical (unpaired) electrons. The number of likely N-dealkylation sites (N-methyl/N-ethyl adjacent to an activating group) is 1. The van der Waals surface area contributed by atoms with Gasteiger partial charge in [0.15, 0.2) is 0 Å². The largest absolute Gasteiger partial charge is 0.398 e. The molecule has 5 nitrogen and oxygen atoms in total. The first-order valence-corrected chi connectivity index (χ1v) is 6.36. The van der Waals surface area contributed by atoms with Crippen LogP contribution in [0.2, 0.25) is 0 Å². The van der Waals surface area contributed by atoms with Crippen LogP contribution in [-0.2, 0) is 4.79 Å². The summed E-state index contributed by atoms with van der Waals surface area (Å²) in [7, 11) is 1.73. The summed E-state index contributed by atoms with van der Waals surface area (Å²) in [6, 6.07) is 5.12. The molecule has 0 bridgehead atoms. The lowest BCUT2D eigenvalue weighted by atomic mass is 10.1. The fourth-order valence-corrected chi connectivity index (χ4v) is 2.21. The van der Waals surface area contributed by atoms with Crippen molar-refractivity contribution in [3.8, 4) is 0 Å². The van der Waals surface area contributed by atoms with Gasteiger partial charge in [0.05, 0.1) is 5.56 Å². The van der Waals surface area contributed by atoms with Crippen LogP contribution in [0.1, 0.15) is 10.4 Å². The second-order valence-electron chi connectivity index (χ2n) is 4.27. The number of halogens is 1. The van der Waals surface area contributed by atoms with Crippen molar-refractivity contribution < 1.29 is 9.59 Å². The summed E-state index contributed by atoms with van der Waals surface area (Å²) in [5, 5.41) is 0. The summed E-state index contributed by atoms with van der Waals surface area (Å²) in [5.41, 5.74) is 6.68.